The van der Waals surface area contributed by atoms with Crippen molar-refractivity contribution in [2.75, 3.05) is 13.7 Å². The van der Waals surface area contributed by atoms with Crippen molar-refractivity contribution >= 4 is 6.08 Å². The molecule has 2 aromatic rings. The fraction of sp³-hybridized carbons (Fsp3) is 0.286. The molecule has 1 aromatic heterocycles. The van der Waals surface area contributed by atoms with E-state index in [9.17, 15) is 0 Å². The number of nitrogens with zero attached hydrogens (tertiary/aromatic N) is 1. The average molecular weight is 354 g/mol. The number of aromatic nitrogens is 1. The third kappa shape index (κ3) is 6.26. The van der Waals surface area contributed by atoms with Crippen molar-refractivity contribution in [3.8, 4) is 5.75 Å². The van der Waals surface area contributed by atoms with Crippen molar-refractivity contribution in [2.45, 2.75) is 26.7 Å². The number of hydrogen-bond donors (Lipinski definition) is 1. The monoisotopic (exact) mass is 354 g/mol. The first-order valence-electron chi connectivity index (χ1n) is 8.74. The van der Waals surface area contributed by atoms with Crippen LogP contribution in [-0.4, -0.2) is 24.9 Å². The molecule has 0 amide bonds. The van der Waals surface area contributed by atoms with Crippen LogP contribution >= 0.6 is 0 Å². The highest BCUT2D eigenvalue weighted by atomic mass is 16.5. The minimum Gasteiger partial charge on any atom is -0.497 e. The maximum atomic E-state index is 5.63. The van der Waals surface area contributed by atoms with E-state index in [0.29, 0.717) is 13.2 Å². The fourth-order valence-corrected chi connectivity index (χ4v) is 2.24. The van der Waals surface area contributed by atoms with Gasteiger partial charge in [-0.1, -0.05) is 38.1 Å². The van der Waals surface area contributed by atoms with E-state index >= 15 is 0 Å². The number of ether oxygens (including phenoxy) is 3. The van der Waals surface area contributed by atoms with Crippen LogP contribution in [0.2, 0.25) is 0 Å². The van der Waals surface area contributed by atoms with E-state index in [4.69, 9.17) is 14.2 Å². The van der Waals surface area contributed by atoms with E-state index < -0.39 is 0 Å². The molecule has 1 atom stereocenters. The average Bonchev–Trinajstić information content (AvgIpc) is 3.17. The van der Waals surface area contributed by atoms with Crippen molar-refractivity contribution in [1.82, 2.24) is 10.3 Å². The molecule has 1 aromatic carbocycles. The van der Waals surface area contributed by atoms with Gasteiger partial charge in [0.25, 0.3) is 0 Å². The van der Waals surface area contributed by atoms with Crippen molar-refractivity contribution in [3.05, 3.63) is 78.0 Å². The predicted molar refractivity (Wildman–Crippen MR) is 103 cm³/mol. The van der Waals surface area contributed by atoms with Gasteiger partial charge in [-0.05, 0) is 35.9 Å². The Morgan fingerprint density at radius 1 is 1.12 bits per heavy atom. The molecule has 1 N–H and O–H groups in total. The Hall–Kier alpha value is -2.79. The number of rotatable bonds is 7. The molecule has 1 aliphatic heterocycles. The molecule has 2 heterocycles. The Labute approximate surface area is 155 Å². The maximum Gasteiger partial charge on any atom is 0.188 e. The first kappa shape index (κ1) is 19.5. The van der Waals surface area contributed by atoms with Crippen LogP contribution in [0.5, 0.6) is 5.75 Å². The molecular formula is C21H26N2O3. The van der Waals surface area contributed by atoms with Crippen molar-refractivity contribution < 1.29 is 14.2 Å². The quantitative estimate of drug-likeness (QED) is 0.810. The van der Waals surface area contributed by atoms with Crippen molar-refractivity contribution in [1.29, 1.82) is 0 Å². The van der Waals surface area contributed by atoms with Gasteiger partial charge in [0.1, 0.15) is 12.0 Å². The molecule has 5 nitrogen and oxygen atoms in total. The summed E-state index contributed by atoms with van der Waals surface area (Å²) < 4.78 is 16.3. The van der Waals surface area contributed by atoms with Gasteiger partial charge in [-0.2, -0.15) is 0 Å². The second-order valence-corrected chi connectivity index (χ2v) is 5.29. The minimum atomic E-state index is -0.180. The molecular weight excluding hydrogens is 328 g/mol. The number of nitrogens with one attached hydrogen (secondary N) is 1. The molecule has 0 aliphatic carbocycles. The zero-order chi connectivity index (χ0) is 18.6. The van der Waals surface area contributed by atoms with Gasteiger partial charge in [-0.25, -0.2) is 0 Å². The summed E-state index contributed by atoms with van der Waals surface area (Å²) in [6.45, 7) is 4.94. The summed E-state index contributed by atoms with van der Waals surface area (Å²) in [5.41, 5.74) is 2.91. The van der Waals surface area contributed by atoms with Gasteiger partial charge < -0.3 is 19.5 Å². The Bertz CT molecular complexity index is 697. The third-order valence-corrected chi connectivity index (χ3v) is 3.50. The standard InChI is InChI=1S/C19H20N2O3.C2H6/c1-22-18-8-5-15(6-9-18)7-10-19-21-17(14-24-19)13-23-12-16-4-2-3-11-20-16;1-2/h2-11,14,19,21H,12-13H2,1H3;1-2H3/b10-7+;. The van der Waals surface area contributed by atoms with Gasteiger partial charge in [-0.15, -0.1) is 0 Å². The van der Waals surface area contributed by atoms with Crippen LogP contribution in [0.15, 0.2) is 66.7 Å². The van der Waals surface area contributed by atoms with Crippen molar-refractivity contribution in [3.63, 3.8) is 0 Å². The smallest absolute Gasteiger partial charge is 0.188 e. The first-order chi connectivity index (χ1) is 12.8. The van der Waals surface area contributed by atoms with E-state index in [0.717, 1.165) is 22.7 Å². The molecule has 1 aliphatic rings. The lowest BCUT2D eigenvalue weighted by Gasteiger charge is -2.08. The molecule has 0 saturated carbocycles. The molecule has 0 saturated heterocycles. The molecule has 26 heavy (non-hydrogen) atoms. The third-order valence-electron chi connectivity index (χ3n) is 3.50. The molecule has 138 valence electrons. The zero-order valence-corrected chi connectivity index (χ0v) is 15.5. The molecule has 0 bridgehead atoms. The van der Waals surface area contributed by atoms with Crippen LogP contribution < -0.4 is 10.1 Å². The Morgan fingerprint density at radius 3 is 2.62 bits per heavy atom. The van der Waals surface area contributed by atoms with Crippen molar-refractivity contribution in [2.24, 2.45) is 0 Å². The van der Waals surface area contributed by atoms with E-state index in [1.807, 2.05) is 68.5 Å². The number of pyridine rings is 1. The van der Waals surface area contributed by atoms with E-state index in [1.54, 1.807) is 19.6 Å². The van der Waals surface area contributed by atoms with Gasteiger partial charge in [0.15, 0.2) is 6.23 Å². The maximum absolute atomic E-state index is 5.63. The molecule has 0 spiro atoms. The lowest BCUT2D eigenvalue weighted by Crippen LogP contribution is -2.23. The zero-order valence-electron chi connectivity index (χ0n) is 15.5. The highest BCUT2D eigenvalue weighted by Crippen LogP contribution is 2.14. The van der Waals surface area contributed by atoms with Crippen LogP contribution in [-0.2, 0) is 16.1 Å². The number of benzene rings is 1. The molecule has 0 radical (unpaired) electrons. The van der Waals surface area contributed by atoms with Gasteiger partial charge in [0, 0.05) is 6.20 Å². The predicted octanol–water partition coefficient (Wildman–Crippen LogP) is 4.13. The molecule has 3 rings (SSSR count). The highest BCUT2D eigenvalue weighted by Gasteiger charge is 2.13. The summed E-state index contributed by atoms with van der Waals surface area (Å²) in [7, 11) is 1.66. The van der Waals surface area contributed by atoms with Gasteiger partial charge >= 0.3 is 0 Å². The highest BCUT2D eigenvalue weighted by molar-refractivity contribution is 5.51. The summed E-state index contributed by atoms with van der Waals surface area (Å²) in [6.07, 6.45) is 7.24. The van der Waals surface area contributed by atoms with Crippen LogP contribution in [0.1, 0.15) is 25.1 Å². The lowest BCUT2D eigenvalue weighted by atomic mass is 10.2. The molecule has 5 heteroatoms. The van der Waals surface area contributed by atoms with Gasteiger partial charge in [0.2, 0.25) is 0 Å². The Kier molecular flexibility index (Phi) is 8.23. The van der Waals surface area contributed by atoms with E-state index in [2.05, 4.69) is 10.3 Å². The van der Waals surface area contributed by atoms with E-state index in [1.165, 1.54) is 0 Å². The lowest BCUT2D eigenvalue weighted by molar-refractivity contribution is 0.135. The summed E-state index contributed by atoms with van der Waals surface area (Å²) in [6, 6.07) is 13.6. The topological polar surface area (TPSA) is 52.6 Å². The summed E-state index contributed by atoms with van der Waals surface area (Å²) in [4.78, 5) is 4.22. The number of methoxy groups -OCH3 is 1. The second-order valence-electron chi connectivity index (χ2n) is 5.29. The molecule has 0 fully saturated rings. The minimum absolute atomic E-state index is 0.180. The van der Waals surface area contributed by atoms with E-state index in [-0.39, 0.29) is 6.23 Å². The number of hydrogen-bond acceptors (Lipinski definition) is 5. The van der Waals surface area contributed by atoms with Gasteiger partial charge in [-0.3, -0.25) is 4.98 Å². The Morgan fingerprint density at radius 2 is 1.92 bits per heavy atom. The second kappa shape index (κ2) is 10.9. The van der Waals surface area contributed by atoms with Crippen LogP contribution in [0.4, 0.5) is 0 Å². The summed E-state index contributed by atoms with van der Waals surface area (Å²) >= 11 is 0. The fourth-order valence-electron chi connectivity index (χ4n) is 2.24. The van der Waals surface area contributed by atoms with Crippen LogP contribution in [0, 0.1) is 0 Å². The summed E-state index contributed by atoms with van der Waals surface area (Å²) in [5, 5.41) is 3.25. The van der Waals surface area contributed by atoms with Gasteiger partial charge in [0.05, 0.1) is 31.7 Å². The SMILES string of the molecule is CC.COc1ccc(/C=C/C2NC(COCc3ccccn3)=CO2)cc1. The van der Waals surface area contributed by atoms with Crippen LogP contribution in [0.25, 0.3) is 6.08 Å². The normalized spacial score (nSPS) is 15.5. The summed E-state index contributed by atoms with van der Waals surface area (Å²) in [5.74, 6) is 0.844. The first-order valence-corrected chi connectivity index (χ1v) is 8.74. The van der Waals surface area contributed by atoms with Crippen LogP contribution in [0.3, 0.4) is 0 Å². The largest absolute Gasteiger partial charge is 0.497 e. The molecule has 1 unspecified atom stereocenters. The Balaban J connectivity index is 0.00000117.